The number of fused-ring (bicyclic) bond motifs is 1. The molecule has 3 rings (SSSR count). The van der Waals surface area contributed by atoms with Crippen LogP contribution in [0.5, 0.6) is 5.75 Å². The fraction of sp³-hybridized carbons (Fsp3) is 0.300. The van der Waals surface area contributed by atoms with Crippen LogP contribution in [0.4, 0.5) is 5.69 Å². The molecule has 5 heteroatoms. The number of rotatable bonds is 5. The van der Waals surface area contributed by atoms with E-state index in [-0.39, 0.29) is 30.7 Å². The van der Waals surface area contributed by atoms with Gasteiger partial charge in [0.25, 0.3) is 0 Å². The number of nitrogens with one attached hydrogen (secondary N) is 1. The molecule has 130 valence electrons. The van der Waals surface area contributed by atoms with Crippen molar-refractivity contribution < 1.29 is 14.3 Å². The van der Waals surface area contributed by atoms with Crippen LogP contribution in [0.25, 0.3) is 0 Å². The van der Waals surface area contributed by atoms with Gasteiger partial charge in [-0.2, -0.15) is 0 Å². The first kappa shape index (κ1) is 17.0. The number of para-hydroxylation sites is 2. The third-order valence-electron chi connectivity index (χ3n) is 4.27. The topological polar surface area (TPSA) is 58.6 Å². The van der Waals surface area contributed by atoms with Gasteiger partial charge in [-0.3, -0.25) is 9.59 Å². The summed E-state index contributed by atoms with van der Waals surface area (Å²) in [6.45, 7) is 2.92. The van der Waals surface area contributed by atoms with Gasteiger partial charge >= 0.3 is 0 Å². The van der Waals surface area contributed by atoms with E-state index in [2.05, 4.69) is 5.32 Å². The monoisotopic (exact) mass is 338 g/mol. The van der Waals surface area contributed by atoms with Gasteiger partial charge in [0.2, 0.25) is 11.8 Å². The van der Waals surface area contributed by atoms with Crippen molar-refractivity contribution >= 4 is 17.5 Å². The molecule has 0 radical (unpaired) electrons. The van der Waals surface area contributed by atoms with Crippen molar-refractivity contribution in [3.63, 3.8) is 0 Å². The van der Waals surface area contributed by atoms with Crippen LogP contribution < -0.4 is 15.0 Å². The Morgan fingerprint density at radius 3 is 2.60 bits per heavy atom. The van der Waals surface area contributed by atoms with Crippen LogP contribution in [0, 0.1) is 0 Å². The van der Waals surface area contributed by atoms with Gasteiger partial charge in [0.05, 0.1) is 18.3 Å². The summed E-state index contributed by atoms with van der Waals surface area (Å²) in [4.78, 5) is 26.4. The molecule has 2 aromatic rings. The van der Waals surface area contributed by atoms with Crippen molar-refractivity contribution in [3.8, 4) is 5.75 Å². The van der Waals surface area contributed by atoms with E-state index >= 15 is 0 Å². The lowest BCUT2D eigenvalue weighted by Crippen LogP contribution is -2.38. The van der Waals surface area contributed by atoms with Gasteiger partial charge in [0, 0.05) is 12.8 Å². The summed E-state index contributed by atoms with van der Waals surface area (Å²) in [5, 5.41) is 2.94. The minimum atomic E-state index is -0.119. The Hall–Kier alpha value is -2.82. The molecule has 1 aliphatic heterocycles. The van der Waals surface area contributed by atoms with Gasteiger partial charge in [-0.1, -0.05) is 42.5 Å². The number of anilines is 1. The van der Waals surface area contributed by atoms with E-state index in [1.165, 1.54) is 0 Å². The van der Waals surface area contributed by atoms with Crippen molar-refractivity contribution in [2.45, 2.75) is 25.8 Å². The Labute approximate surface area is 147 Å². The molecule has 1 aliphatic rings. The molecule has 0 bridgehead atoms. The molecule has 0 spiro atoms. The minimum Gasteiger partial charge on any atom is -0.490 e. The second-order valence-corrected chi connectivity index (χ2v) is 6.06. The highest BCUT2D eigenvalue weighted by atomic mass is 16.5. The molecule has 1 heterocycles. The molecular formula is C20H22N2O3. The van der Waals surface area contributed by atoms with Gasteiger partial charge < -0.3 is 15.0 Å². The van der Waals surface area contributed by atoms with Crippen molar-refractivity contribution in [2.75, 3.05) is 18.1 Å². The van der Waals surface area contributed by atoms with Crippen LogP contribution in [0.3, 0.4) is 0 Å². The normalized spacial score (nSPS) is 14.2. The van der Waals surface area contributed by atoms with Gasteiger partial charge in [-0.25, -0.2) is 0 Å². The van der Waals surface area contributed by atoms with E-state index in [1.54, 1.807) is 4.90 Å². The molecule has 2 amide bonds. The Morgan fingerprint density at radius 1 is 1.08 bits per heavy atom. The van der Waals surface area contributed by atoms with Crippen LogP contribution in [-0.4, -0.2) is 25.0 Å². The first-order valence-corrected chi connectivity index (χ1v) is 8.51. The first-order chi connectivity index (χ1) is 12.1. The lowest BCUT2D eigenvalue weighted by Gasteiger charge is -2.29. The van der Waals surface area contributed by atoms with Crippen LogP contribution in [0.15, 0.2) is 54.6 Å². The number of nitrogens with zero attached hydrogens (tertiary/aromatic N) is 1. The first-order valence-electron chi connectivity index (χ1n) is 8.51. The molecule has 0 saturated heterocycles. The molecule has 0 unspecified atom stereocenters. The standard InChI is InChI=1S/C20H22N2O3/c1-15(16-7-3-2-4-8-16)21-19(23)11-12-20(24)22-13-14-25-18-10-6-5-9-17(18)22/h2-10,15H,11-14H2,1H3,(H,21,23)/t15-/m0/s1. The summed E-state index contributed by atoms with van der Waals surface area (Å²) in [7, 11) is 0. The summed E-state index contributed by atoms with van der Waals surface area (Å²) in [6, 6.07) is 17.2. The number of ether oxygens (including phenoxy) is 1. The molecule has 1 N–H and O–H groups in total. The van der Waals surface area contributed by atoms with Crippen LogP contribution >= 0.6 is 0 Å². The second-order valence-electron chi connectivity index (χ2n) is 6.06. The average Bonchev–Trinajstić information content (AvgIpc) is 2.66. The maximum absolute atomic E-state index is 12.5. The molecule has 0 fully saturated rings. The fourth-order valence-electron chi connectivity index (χ4n) is 2.92. The maximum atomic E-state index is 12.5. The Balaban J connectivity index is 1.53. The molecular weight excluding hydrogens is 316 g/mol. The van der Waals surface area contributed by atoms with E-state index in [1.807, 2.05) is 61.5 Å². The van der Waals surface area contributed by atoms with Crippen molar-refractivity contribution in [2.24, 2.45) is 0 Å². The van der Waals surface area contributed by atoms with Crippen molar-refractivity contribution in [3.05, 3.63) is 60.2 Å². The minimum absolute atomic E-state index is 0.0572. The number of carbonyl (C=O) groups excluding carboxylic acids is 2. The fourth-order valence-corrected chi connectivity index (χ4v) is 2.92. The number of amides is 2. The quantitative estimate of drug-likeness (QED) is 0.911. The third kappa shape index (κ3) is 4.18. The van der Waals surface area contributed by atoms with E-state index in [0.29, 0.717) is 18.9 Å². The van der Waals surface area contributed by atoms with E-state index in [9.17, 15) is 9.59 Å². The van der Waals surface area contributed by atoms with Crippen LogP contribution in [0.2, 0.25) is 0 Å². The summed E-state index contributed by atoms with van der Waals surface area (Å²) in [5.41, 5.74) is 1.82. The zero-order valence-electron chi connectivity index (χ0n) is 14.3. The zero-order valence-corrected chi connectivity index (χ0v) is 14.3. The van der Waals surface area contributed by atoms with E-state index < -0.39 is 0 Å². The van der Waals surface area contributed by atoms with Crippen LogP contribution in [0.1, 0.15) is 31.4 Å². The Bertz CT molecular complexity index is 746. The molecule has 0 aliphatic carbocycles. The molecule has 25 heavy (non-hydrogen) atoms. The van der Waals surface area contributed by atoms with Crippen molar-refractivity contribution in [1.29, 1.82) is 0 Å². The number of benzene rings is 2. The lowest BCUT2D eigenvalue weighted by molar-refractivity contribution is -0.125. The predicted molar refractivity (Wildman–Crippen MR) is 96.5 cm³/mol. The summed E-state index contributed by atoms with van der Waals surface area (Å²) in [5.74, 6) is 0.536. The summed E-state index contributed by atoms with van der Waals surface area (Å²) >= 11 is 0. The van der Waals surface area contributed by atoms with Gasteiger partial charge in [0.15, 0.2) is 0 Å². The molecule has 5 nitrogen and oxygen atoms in total. The maximum Gasteiger partial charge on any atom is 0.227 e. The predicted octanol–water partition coefficient (Wildman–Crippen LogP) is 3.07. The van der Waals surface area contributed by atoms with Gasteiger partial charge in [0.1, 0.15) is 12.4 Å². The Morgan fingerprint density at radius 2 is 1.80 bits per heavy atom. The van der Waals surface area contributed by atoms with Gasteiger partial charge in [-0.15, -0.1) is 0 Å². The molecule has 0 saturated carbocycles. The van der Waals surface area contributed by atoms with E-state index in [0.717, 1.165) is 11.3 Å². The highest BCUT2D eigenvalue weighted by Crippen LogP contribution is 2.31. The smallest absolute Gasteiger partial charge is 0.227 e. The average molecular weight is 338 g/mol. The molecule has 2 aromatic carbocycles. The van der Waals surface area contributed by atoms with Crippen molar-refractivity contribution in [1.82, 2.24) is 5.32 Å². The van der Waals surface area contributed by atoms with Gasteiger partial charge in [-0.05, 0) is 24.6 Å². The number of carbonyl (C=O) groups is 2. The Kier molecular flexibility index (Phi) is 5.33. The largest absolute Gasteiger partial charge is 0.490 e. The van der Waals surface area contributed by atoms with E-state index in [4.69, 9.17) is 4.74 Å². The molecule has 1 atom stereocenters. The number of hydrogen-bond donors (Lipinski definition) is 1. The summed E-state index contributed by atoms with van der Waals surface area (Å²) < 4.78 is 5.56. The second kappa shape index (κ2) is 7.83. The van der Waals surface area contributed by atoms with Crippen LogP contribution in [-0.2, 0) is 9.59 Å². The third-order valence-corrected chi connectivity index (χ3v) is 4.27. The molecule has 0 aromatic heterocycles. The SMILES string of the molecule is C[C@H](NC(=O)CCC(=O)N1CCOc2ccccc21)c1ccccc1. The lowest BCUT2D eigenvalue weighted by atomic mass is 10.1. The zero-order chi connectivity index (χ0) is 17.6. The highest BCUT2D eigenvalue weighted by Gasteiger charge is 2.23. The summed E-state index contributed by atoms with van der Waals surface area (Å²) in [6.07, 6.45) is 0.358. The highest BCUT2D eigenvalue weighted by molar-refractivity contribution is 5.97. The number of hydrogen-bond acceptors (Lipinski definition) is 3.